The van der Waals surface area contributed by atoms with Crippen molar-refractivity contribution in [1.82, 2.24) is 10.6 Å². The molecule has 0 aromatic rings. The Labute approximate surface area is 88.2 Å². The second kappa shape index (κ2) is 6.51. The molecule has 0 aromatic heterocycles. The lowest BCUT2D eigenvalue weighted by Crippen LogP contribution is -2.57. The zero-order valence-corrected chi connectivity index (χ0v) is 9.28. The van der Waals surface area contributed by atoms with Gasteiger partial charge in [0.1, 0.15) is 6.16 Å². The molecule has 9 N–H and O–H groups in total. The zero-order chi connectivity index (χ0) is 11.9. The molecule has 0 aliphatic carbocycles. The van der Waals surface area contributed by atoms with E-state index in [1.807, 2.05) is 0 Å². The predicted molar refractivity (Wildman–Crippen MR) is 56.0 cm³/mol. The average Bonchev–Trinajstić information content (AvgIpc) is 1.99. The smallest absolute Gasteiger partial charge is 0.331 e. The van der Waals surface area contributed by atoms with Gasteiger partial charge in [-0.05, 0) is 0 Å². The number of nitrogens with two attached hydrogens (primary N) is 2. The number of hydrogen-bond donors (Lipinski definition) is 7. The van der Waals surface area contributed by atoms with Gasteiger partial charge >= 0.3 is 7.60 Å². The van der Waals surface area contributed by atoms with Gasteiger partial charge in [-0.15, -0.1) is 0 Å². The Morgan fingerprint density at radius 2 is 1.87 bits per heavy atom. The Balaban J connectivity index is 3.70. The molecule has 0 aliphatic heterocycles. The average molecular weight is 242 g/mol. The minimum atomic E-state index is -4.33. The van der Waals surface area contributed by atoms with E-state index in [9.17, 15) is 9.67 Å². The molecule has 0 bridgehead atoms. The lowest BCUT2D eigenvalue weighted by Gasteiger charge is -2.24. The second-order valence-corrected chi connectivity index (χ2v) is 4.86. The molecule has 8 nitrogen and oxygen atoms in total. The summed E-state index contributed by atoms with van der Waals surface area (Å²) in [6.07, 6.45) is -0.823. The van der Waals surface area contributed by atoms with Crippen molar-refractivity contribution >= 4 is 7.60 Å². The van der Waals surface area contributed by atoms with Crippen molar-refractivity contribution in [3.63, 3.8) is 0 Å². The van der Waals surface area contributed by atoms with Crippen LogP contribution in [0, 0.1) is 0 Å². The first-order valence-electron chi connectivity index (χ1n) is 4.48. The van der Waals surface area contributed by atoms with Crippen molar-refractivity contribution in [1.29, 1.82) is 0 Å². The molecule has 0 aliphatic rings. The Morgan fingerprint density at radius 3 is 2.33 bits per heavy atom. The van der Waals surface area contributed by atoms with E-state index in [1.54, 1.807) is 0 Å². The van der Waals surface area contributed by atoms with E-state index < -0.39 is 19.6 Å². The van der Waals surface area contributed by atoms with Crippen LogP contribution in [0.25, 0.3) is 0 Å². The van der Waals surface area contributed by atoms with Gasteiger partial charge in [0.25, 0.3) is 0 Å². The molecule has 0 aromatic carbocycles. The minimum Gasteiger partial charge on any atom is -0.363 e. The molecular formula is C6H19N4O4P. The molecule has 9 heteroatoms. The van der Waals surface area contributed by atoms with Crippen LogP contribution in [0.5, 0.6) is 0 Å². The van der Waals surface area contributed by atoms with Gasteiger partial charge in [0, 0.05) is 26.2 Å². The summed E-state index contributed by atoms with van der Waals surface area (Å²) in [7, 11) is -4.33. The van der Waals surface area contributed by atoms with E-state index in [1.165, 1.54) is 0 Å². The van der Waals surface area contributed by atoms with Crippen LogP contribution in [0.4, 0.5) is 0 Å². The Kier molecular flexibility index (Phi) is 6.49. The molecule has 1 atom stereocenters. The molecule has 0 radical (unpaired) electrons. The summed E-state index contributed by atoms with van der Waals surface area (Å²) < 4.78 is 10.6. The van der Waals surface area contributed by atoms with Crippen molar-refractivity contribution in [2.45, 2.75) is 5.85 Å². The highest BCUT2D eigenvalue weighted by molar-refractivity contribution is 7.51. The molecule has 1 unspecified atom stereocenters. The Bertz CT molecular complexity index is 219. The van der Waals surface area contributed by atoms with Gasteiger partial charge in [-0.25, -0.2) is 0 Å². The van der Waals surface area contributed by atoms with Gasteiger partial charge in [0.05, 0.1) is 0 Å². The maximum Gasteiger partial charge on any atom is 0.331 e. The molecule has 0 fully saturated rings. The molecule has 0 rings (SSSR count). The molecular weight excluding hydrogens is 223 g/mol. The summed E-state index contributed by atoms with van der Waals surface area (Å²) in [5, 5.41) is 14.7. The first-order chi connectivity index (χ1) is 6.77. The van der Waals surface area contributed by atoms with Crippen LogP contribution < -0.4 is 22.1 Å². The monoisotopic (exact) mass is 242 g/mol. The van der Waals surface area contributed by atoms with Crippen molar-refractivity contribution in [2.24, 2.45) is 11.5 Å². The van der Waals surface area contributed by atoms with Gasteiger partial charge in [-0.2, -0.15) is 0 Å². The molecule has 0 spiro atoms. The SMILES string of the molecule is NCCNCCNC(N)(O)CP(=O)(O)O. The summed E-state index contributed by atoms with van der Waals surface area (Å²) in [5.74, 6) is -2.05. The first kappa shape index (κ1) is 14.9. The summed E-state index contributed by atoms with van der Waals surface area (Å²) in [5.41, 5.74) is 10.4. The summed E-state index contributed by atoms with van der Waals surface area (Å²) in [6.45, 7) is 1.91. The Hall–Kier alpha value is -0.0500. The molecule has 0 saturated carbocycles. The van der Waals surface area contributed by atoms with E-state index in [-0.39, 0.29) is 6.54 Å². The van der Waals surface area contributed by atoms with E-state index in [0.717, 1.165) is 0 Å². The van der Waals surface area contributed by atoms with E-state index >= 15 is 0 Å². The van der Waals surface area contributed by atoms with Crippen LogP contribution in [-0.4, -0.2) is 53.1 Å². The fourth-order valence-corrected chi connectivity index (χ4v) is 1.70. The molecule has 92 valence electrons. The largest absolute Gasteiger partial charge is 0.363 e. The van der Waals surface area contributed by atoms with Crippen LogP contribution in [0.15, 0.2) is 0 Å². The standard InChI is InChI=1S/C6H19N4O4P/c7-1-2-9-3-4-10-6(8,11)5-15(12,13)14/h9-11H,1-5,7-8H2,(H2,12,13,14). The maximum absolute atomic E-state index is 10.6. The number of hydrogen-bond acceptors (Lipinski definition) is 6. The Morgan fingerprint density at radius 1 is 1.27 bits per heavy atom. The minimum absolute atomic E-state index is 0.285. The lowest BCUT2D eigenvalue weighted by atomic mass is 10.4. The highest BCUT2D eigenvalue weighted by Gasteiger charge is 2.30. The van der Waals surface area contributed by atoms with Crippen molar-refractivity contribution in [2.75, 3.05) is 32.3 Å². The first-order valence-corrected chi connectivity index (χ1v) is 6.28. The molecule has 0 heterocycles. The van der Waals surface area contributed by atoms with Crippen LogP contribution in [0.1, 0.15) is 0 Å². The molecule has 0 amide bonds. The molecule has 15 heavy (non-hydrogen) atoms. The number of rotatable bonds is 8. The fourth-order valence-electron chi connectivity index (χ4n) is 0.964. The number of aliphatic hydroxyl groups is 1. The van der Waals surface area contributed by atoms with Crippen molar-refractivity contribution in [3.8, 4) is 0 Å². The summed E-state index contributed by atoms with van der Waals surface area (Å²) in [4.78, 5) is 17.2. The van der Waals surface area contributed by atoms with Crippen molar-refractivity contribution in [3.05, 3.63) is 0 Å². The summed E-state index contributed by atoms with van der Waals surface area (Å²) in [6, 6.07) is 0. The second-order valence-electron chi connectivity index (χ2n) is 3.21. The number of nitrogens with one attached hydrogen (secondary N) is 2. The normalized spacial score (nSPS) is 16.3. The van der Waals surface area contributed by atoms with E-state index in [0.29, 0.717) is 19.6 Å². The van der Waals surface area contributed by atoms with Crippen molar-refractivity contribution < 1.29 is 19.5 Å². The third-order valence-corrected chi connectivity index (χ3v) is 2.40. The van der Waals surface area contributed by atoms with Crippen LogP contribution >= 0.6 is 7.60 Å². The van der Waals surface area contributed by atoms with Crippen LogP contribution in [0.3, 0.4) is 0 Å². The van der Waals surface area contributed by atoms with Gasteiger partial charge in [0.15, 0.2) is 5.85 Å². The topological polar surface area (TPSA) is 154 Å². The third-order valence-electron chi connectivity index (χ3n) is 1.50. The quantitative estimate of drug-likeness (QED) is 0.134. The van der Waals surface area contributed by atoms with Gasteiger partial charge < -0.3 is 25.9 Å². The zero-order valence-electron chi connectivity index (χ0n) is 8.39. The van der Waals surface area contributed by atoms with E-state index in [2.05, 4.69) is 10.6 Å². The van der Waals surface area contributed by atoms with Gasteiger partial charge in [-0.1, -0.05) is 0 Å². The highest BCUT2D eigenvalue weighted by atomic mass is 31.2. The summed E-state index contributed by atoms with van der Waals surface area (Å²) >= 11 is 0. The third kappa shape index (κ3) is 10.2. The van der Waals surface area contributed by atoms with Crippen LogP contribution in [-0.2, 0) is 4.57 Å². The fraction of sp³-hybridized carbons (Fsp3) is 1.00. The van der Waals surface area contributed by atoms with Crippen LogP contribution in [0.2, 0.25) is 0 Å². The van der Waals surface area contributed by atoms with Gasteiger partial charge in [0.2, 0.25) is 0 Å². The maximum atomic E-state index is 10.6. The molecule has 0 saturated heterocycles. The predicted octanol–water partition coefficient (Wildman–Crippen LogP) is -3.09. The highest BCUT2D eigenvalue weighted by Crippen LogP contribution is 2.35. The lowest BCUT2D eigenvalue weighted by molar-refractivity contribution is 0.0305. The van der Waals surface area contributed by atoms with E-state index in [4.69, 9.17) is 21.3 Å². The van der Waals surface area contributed by atoms with Gasteiger partial charge in [-0.3, -0.25) is 15.6 Å².